The van der Waals surface area contributed by atoms with Gasteiger partial charge in [-0.25, -0.2) is 4.98 Å². The highest BCUT2D eigenvalue weighted by Gasteiger charge is 2.21. The van der Waals surface area contributed by atoms with Gasteiger partial charge in [0.2, 0.25) is 5.91 Å². The standard InChI is InChI=1S/C25H25N3O2S2/c1-17(2)31-21-10-7-18(8-11-21)14-24(29)28(16-19-6-4-5-13-26-19)25-27-22-12-9-20(30-3)15-23(22)32-25/h4-13,15,17H,14,16H2,1-3H3. The lowest BCUT2D eigenvalue weighted by atomic mass is 10.1. The first-order valence-electron chi connectivity index (χ1n) is 10.4. The maximum atomic E-state index is 13.4. The van der Waals surface area contributed by atoms with Gasteiger partial charge >= 0.3 is 0 Å². The van der Waals surface area contributed by atoms with Crippen LogP contribution in [0.4, 0.5) is 5.13 Å². The number of anilines is 1. The highest BCUT2D eigenvalue weighted by Crippen LogP contribution is 2.32. The molecule has 164 valence electrons. The zero-order chi connectivity index (χ0) is 22.5. The molecule has 5 nitrogen and oxygen atoms in total. The average Bonchev–Trinajstić information content (AvgIpc) is 3.22. The predicted octanol–water partition coefficient (Wildman–Crippen LogP) is 5.98. The molecule has 2 heterocycles. The summed E-state index contributed by atoms with van der Waals surface area (Å²) in [5, 5.41) is 1.19. The third-order valence-electron chi connectivity index (χ3n) is 4.81. The molecule has 0 aliphatic rings. The second kappa shape index (κ2) is 10.1. The third kappa shape index (κ3) is 5.47. The van der Waals surface area contributed by atoms with Crippen molar-refractivity contribution in [2.24, 2.45) is 0 Å². The monoisotopic (exact) mass is 463 g/mol. The molecule has 0 fully saturated rings. The van der Waals surface area contributed by atoms with E-state index in [4.69, 9.17) is 9.72 Å². The highest BCUT2D eigenvalue weighted by atomic mass is 32.2. The molecule has 0 atom stereocenters. The molecule has 0 spiro atoms. The first kappa shape index (κ1) is 22.3. The van der Waals surface area contributed by atoms with Crippen LogP contribution in [0.3, 0.4) is 0 Å². The molecule has 0 aliphatic carbocycles. The summed E-state index contributed by atoms with van der Waals surface area (Å²) in [5.41, 5.74) is 2.65. The summed E-state index contributed by atoms with van der Waals surface area (Å²) in [6, 6.07) is 19.7. The van der Waals surface area contributed by atoms with Gasteiger partial charge in [0, 0.05) is 16.3 Å². The normalized spacial score (nSPS) is 11.1. The van der Waals surface area contributed by atoms with Crippen molar-refractivity contribution in [1.29, 1.82) is 0 Å². The summed E-state index contributed by atoms with van der Waals surface area (Å²) in [5.74, 6) is 0.764. The van der Waals surface area contributed by atoms with Gasteiger partial charge in [0.1, 0.15) is 5.75 Å². The number of fused-ring (bicyclic) bond motifs is 1. The molecule has 2 aromatic heterocycles. The van der Waals surface area contributed by atoms with Crippen molar-refractivity contribution in [3.63, 3.8) is 0 Å². The lowest BCUT2D eigenvalue weighted by Gasteiger charge is -2.19. The number of hydrogen-bond acceptors (Lipinski definition) is 6. The van der Waals surface area contributed by atoms with E-state index in [2.05, 4.69) is 31.0 Å². The van der Waals surface area contributed by atoms with Crippen molar-refractivity contribution < 1.29 is 9.53 Å². The molecular weight excluding hydrogens is 438 g/mol. The number of benzene rings is 2. The van der Waals surface area contributed by atoms with Gasteiger partial charge in [0.05, 0.1) is 36.0 Å². The van der Waals surface area contributed by atoms with E-state index in [1.165, 1.54) is 16.2 Å². The van der Waals surface area contributed by atoms with E-state index in [1.54, 1.807) is 18.2 Å². The fourth-order valence-electron chi connectivity index (χ4n) is 3.28. The van der Waals surface area contributed by atoms with Crippen LogP contribution < -0.4 is 9.64 Å². The van der Waals surface area contributed by atoms with Crippen molar-refractivity contribution in [3.8, 4) is 5.75 Å². The number of hydrogen-bond donors (Lipinski definition) is 0. The number of carbonyl (C=O) groups is 1. The first-order valence-corrected chi connectivity index (χ1v) is 12.1. The van der Waals surface area contributed by atoms with Gasteiger partial charge in [0.15, 0.2) is 5.13 Å². The molecule has 4 aromatic rings. The largest absolute Gasteiger partial charge is 0.497 e. The second-order valence-corrected chi connectivity index (χ2v) is 10.3. The van der Waals surface area contributed by atoms with Crippen molar-refractivity contribution in [1.82, 2.24) is 9.97 Å². The zero-order valence-corrected chi connectivity index (χ0v) is 20.0. The number of amides is 1. The summed E-state index contributed by atoms with van der Waals surface area (Å²) in [4.78, 5) is 25.5. The van der Waals surface area contributed by atoms with E-state index in [9.17, 15) is 4.79 Å². The Morgan fingerprint density at radius 1 is 1.12 bits per heavy atom. The number of methoxy groups -OCH3 is 1. The Hall–Kier alpha value is -2.90. The topological polar surface area (TPSA) is 55.3 Å². The molecule has 2 aromatic carbocycles. The van der Waals surface area contributed by atoms with E-state index in [0.717, 1.165) is 27.2 Å². The van der Waals surface area contributed by atoms with Crippen LogP contribution >= 0.6 is 23.1 Å². The number of aromatic nitrogens is 2. The minimum absolute atomic E-state index is 0.00839. The Labute approximate surface area is 196 Å². The molecule has 7 heteroatoms. The van der Waals surface area contributed by atoms with Crippen LogP contribution in [0, 0.1) is 0 Å². The number of nitrogens with zero attached hydrogens (tertiary/aromatic N) is 3. The molecule has 0 bridgehead atoms. The second-order valence-electron chi connectivity index (χ2n) is 7.62. The van der Waals surface area contributed by atoms with Crippen molar-refractivity contribution >= 4 is 44.4 Å². The van der Waals surface area contributed by atoms with Gasteiger partial charge < -0.3 is 4.74 Å². The van der Waals surface area contributed by atoms with Crippen molar-refractivity contribution in [3.05, 3.63) is 78.1 Å². The number of carbonyl (C=O) groups excluding carboxylic acids is 1. The van der Waals surface area contributed by atoms with Crippen LogP contribution in [0.15, 0.2) is 71.8 Å². The minimum atomic E-state index is -0.00839. The van der Waals surface area contributed by atoms with Crippen LogP contribution in [0.1, 0.15) is 25.1 Å². The minimum Gasteiger partial charge on any atom is -0.497 e. The molecule has 0 saturated carbocycles. The molecule has 0 aliphatic heterocycles. The van der Waals surface area contributed by atoms with Crippen LogP contribution in [0.25, 0.3) is 10.2 Å². The van der Waals surface area contributed by atoms with Gasteiger partial charge in [-0.15, -0.1) is 11.8 Å². The quantitative estimate of drug-likeness (QED) is 0.301. The van der Waals surface area contributed by atoms with Crippen LogP contribution in [0.5, 0.6) is 5.75 Å². The highest BCUT2D eigenvalue weighted by molar-refractivity contribution is 7.99. The summed E-state index contributed by atoms with van der Waals surface area (Å²) in [6.45, 7) is 4.72. The van der Waals surface area contributed by atoms with Gasteiger partial charge in [-0.1, -0.05) is 43.4 Å². The van der Waals surface area contributed by atoms with Gasteiger partial charge in [-0.05, 0) is 48.0 Å². The van der Waals surface area contributed by atoms with E-state index < -0.39 is 0 Å². The first-order chi connectivity index (χ1) is 15.5. The lowest BCUT2D eigenvalue weighted by Crippen LogP contribution is -2.32. The zero-order valence-electron chi connectivity index (χ0n) is 18.3. The van der Waals surface area contributed by atoms with Gasteiger partial charge in [-0.2, -0.15) is 0 Å². The Morgan fingerprint density at radius 3 is 2.62 bits per heavy atom. The maximum Gasteiger partial charge on any atom is 0.233 e. The Morgan fingerprint density at radius 2 is 1.94 bits per heavy atom. The summed E-state index contributed by atoms with van der Waals surface area (Å²) >= 11 is 3.30. The molecule has 0 saturated heterocycles. The number of ether oxygens (including phenoxy) is 1. The van der Waals surface area contributed by atoms with Crippen molar-refractivity contribution in [2.75, 3.05) is 12.0 Å². The fourth-order valence-corrected chi connectivity index (χ4v) is 5.13. The fraction of sp³-hybridized carbons (Fsp3) is 0.240. The maximum absolute atomic E-state index is 13.4. The van der Waals surface area contributed by atoms with E-state index >= 15 is 0 Å². The smallest absolute Gasteiger partial charge is 0.233 e. The van der Waals surface area contributed by atoms with Gasteiger partial charge in [-0.3, -0.25) is 14.7 Å². The number of pyridine rings is 1. The molecule has 0 radical (unpaired) electrons. The molecule has 32 heavy (non-hydrogen) atoms. The Bertz CT molecular complexity index is 1190. The van der Waals surface area contributed by atoms with Crippen molar-refractivity contribution in [2.45, 2.75) is 37.0 Å². The average molecular weight is 464 g/mol. The summed E-state index contributed by atoms with van der Waals surface area (Å²) < 4.78 is 6.31. The molecule has 0 unspecified atom stereocenters. The Kier molecular flexibility index (Phi) is 7.07. The van der Waals surface area contributed by atoms with E-state index in [0.29, 0.717) is 23.3 Å². The molecule has 0 N–H and O–H groups in total. The van der Waals surface area contributed by atoms with Crippen LogP contribution in [-0.4, -0.2) is 28.2 Å². The van der Waals surface area contributed by atoms with E-state index in [1.807, 2.05) is 60.3 Å². The summed E-state index contributed by atoms with van der Waals surface area (Å²) in [7, 11) is 1.64. The Balaban J connectivity index is 1.61. The lowest BCUT2D eigenvalue weighted by molar-refractivity contribution is -0.118. The van der Waals surface area contributed by atoms with Crippen LogP contribution in [0.2, 0.25) is 0 Å². The third-order valence-corrected chi connectivity index (χ3v) is 6.87. The summed E-state index contributed by atoms with van der Waals surface area (Å²) in [6.07, 6.45) is 2.05. The molecule has 4 rings (SSSR count). The SMILES string of the molecule is COc1ccc2nc(N(Cc3ccccn3)C(=O)Cc3ccc(SC(C)C)cc3)sc2c1. The number of rotatable bonds is 8. The van der Waals surface area contributed by atoms with Gasteiger partial charge in [0.25, 0.3) is 0 Å². The van der Waals surface area contributed by atoms with E-state index in [-0.39, 0.29) is 5.91 Å². The molecular formula is C25H25N3O2S2. The molecule has 1 amide bonds. The predicted molar refractivity (Wildman–Crippen MR) is 133 cm³/mol. The number of thiazole rings is 1. The van der Waals surface area contributed by atoms with Crippen LogP contribution in [-0.2, 0) is 17.8 Å². The number of thioether (sulfide) groups is 1.